The molecule has 30 heavy (non-hydrogen) atoms. The van der Waals surface area contributed by atoms with E-state index in [1.807, 2.05) is 60.4 Å². The first-order valence-electron chi connectivity index (χ1n) is 10.3. The van der Waals surface area contributed by atoms with Crippen LogP contribution < -0.4 is 9.21 Å². The van der Waals surface area contributed by atoms with Crippen LogP contribution in [0.2, 0.25) is 0 Å². The number of hydrogen-bond donors (Lipinski definition) is 0. The Labute approximate surface area is 180 Å². The summed E-state index contributed by atoms with van der Waals surface area (Å²) in [6.45, 7) is 10.6. The van der Waals surface area contributed by atoms with Gasteiger partial charge in [0.15, 0.2) is 0 Å². The SMILES string of the molecule is [CH2]c1ccc(N2CCN(C(C)=O)CC2)c(N(CCC)S(=O)(=O)Cc2ccccc2)c1. The summed E-state index contributed by atoms with van der Waals surface area (Å²) in [5.41, 5.74) is 3.07. The lowest BCUT2D eigenvalue weighted by molar-refractivity contribution is -0.129. The van der Waals surface area contributed by atoms with Gasteiger partial charge in [-0.05, 0) is 36.6 Å². The Kier molecular flexibility index (Phi) is 7.02. The quantitative estimate of drug-likeness (QED) is 0.679. The van der Waals surface area contributed by atoms with E-state index < -0.39 is 10.0 Å². The van der Waals surface area contributed by atoms with E-state index in [9.17, 15) is 13.2 Å². The molecule has 2 aromatic carbocycles. The van der Waals surface area contributed by atoms with Gasteiger partial charge in [-0.15, -0.1) is 0 Å². The van der Waals surface area contributed by atoms with Crippen LogP contribution in [0, 0.1) is 6.92 Å². The van der Waals surface area contributed by atoms with Crippen molar-refractivity contribution >= 4 is 27.3 Å². The molecule has 7 heteroatoms. The number of hydrogen-bond acceptors (Lipinski definition) is 4. The maximum atomic E-state index is 13.4. The third kappa shape index (κ3) is 5.14. The number of sulfonamides is 1. The van der Waals surface area contributed by atoms with E-state index in [1.165, 1.54) is 4.31 Å². The summed E-state index contributed by atoms with van der Waals surface area (Å²) in [5.74, 6) is 0.0216. The number of rotatable bonds is 7. The molecular weight excluding hydrogens is 398 g/mol. The number of benzene rings is 2. The summed E-state index contributed by atoms with van der Waals surface area (Å²) in [6, 6.07) is 15.0. The molecule has 0 spiro atoms. The maximum Gasteiger partial charge on any atom is 0.239 e. The van der Waals surface area contributed by atoms with Gasteiger partial charge in [-0.25, -0.2) is 8.42 Å². The zero-order chi connectivity index (χ0) is 21.7. The first-order valence-corrected chi connectivity index (χ1v) is 11.9. The summed E-state index contributed by atoms with van der Waals surface area (Å²) in [7, 11) is -3.58. The smallest absolute Gasteiger partial charge is 0.239 e. The van der Waals surface area contributed by atoms with Crippen LogP contribution >= 0.6 is 0 Å². The predicted molar refractivity (Wildman–Crippen MR) is 122 cm³/mol. The number of carbonyl (C=O) groups is 1. The van der Waals surface area contributed by atoms with Crippen LogP contribution in [0.4, 0.5) is 11.4 Å². The molecule has 1 radical (unpaired) electrons. The van der Waals surface area contributed by atoms with E-state index >= 15 is 0 Å². The van der Waals surface area contributed by atoms with Crippen molar-refractivity contribution in [2.75, 3.05) is 41.9 Å². The van der Waals surface area contributed by atoms with Crippen LogP contribution in [-0.4, -0.2) is 51.9 Å². The summed E-state index contributed by atoms with van der Waals surface area (Å²) in [6.07, 6.45) is 0.701. The van der Waals surface area contributed by atoms with Crippen molar-refractivity contribution in [3.05, 3.63) is 66.6 Å². The molecule has 1 amide bonds. The van der Waals surface area contributed by atoms with Gasteiger partial charge < -0.3 is 9.80 Å². The average molecular weight is 429 g/mol. The van der Waals surface area contributed by atoms with Gasteiger partial charge in [0.05, 0.1) is 17.1 Å². The zero-order valence-corrected chi connectivity index (χ0v) is 18.6. The van der Waals surface area contributed by atoms with Gasteiger partial charge in [-0.1, -0.05) is 43.3 Å². The first-order chi connectivity index (χ1) is 14.3. The summed E-state index contributed by atoms with van der Waals surface area (Å²) >= 11 is 0. The molecule has 0 aromatic heterocycles. The zero-order valence-electron chi connectivity index (χ0n) is 17.8. The Bertz CT molecular complexity index is 968. The second kappa shape index (κ2) is 9.51. The standard InChI is InChI=1S/C23H30N3O3S/c1-4-12-26(30(28,29)18-21-8-6-5-7-9-21)23-17-19(2)10-11-22(23)25-15-13-24(14-16-25)20(3)27/h5-11,17H,2,4,12-16,18H2,1,3H3. The normalized spacial score (nSPS) is 14.6. The van der Waals surface area contributed by atoms with Crippen molar-refractivity contribution in [1.82, 2.24) is 4.90 Å². The van der Waals surface area contributed by atoms with Crippen LogP contribution in [0.5, 0.6) is 0 Å². The summed E-state index contributed by atoms with van der Waals surface area (Å²) in [4.78, 5) is 15.6. The number of piperazine rings is 1. The first kappa shape index (κ1) is 22.2. The molecule has 1 saturated heterocycles. The summed E-state index contributed by atoms with van der Waals surface area (Å²) < 4.78 is 28.4. The maximum absolute atomic E-state index is 13.4. The van der Waals surface area contributed by atoms with Gasteiger partial charge in [0, 0.05) is 39.6 Å². The van der Waals surface area contributed by atoms with Gasteiger partial charge >= 0.3 is 0 Å². The van der Waals surface area contributed by atoms with Gasteiger partial charge in [0.25, 0.3) is 0 Å². The molecule has 1 fully saturated rings. The molecule has 1 aliphatic rings. The molecule has 1 heterocycles. The Balaban J connectivity index is 1.94. The molecule has 0 atom stereocenters. The third-order valence-electron chi connectivity index (χ3n) is 5.33. The van der Waals surface area contributed by atoms with Gasteiger partial charge in [-0.2, -0.15) is 0 Å². The molecule has 0 aliphatic carbocycles. The highest BCUT2D eigenvalue weighted by Gasteiger charge is 2.28. The lowest BCUT2D eigenvalue weighted by atomic mass is 10.1. The lowest BCUT2D eigenvalue weighted by Crippen LogP contribution is -2.48. The molecule has 2 aromatic rings. The van der Waals surface area contributed by atoms with Crippen molar-refractivity contribution in [2.45, 2.75) is 26.0 Å². The molecule has 0 N–H and O–H groups in total. The minimum absolute atomic E-state index is 0.0488. The molecule has 0 saturated carbocycles. The van der Waals surface area contributed by atoms with Crippen LogP contribution in [0.25, 0.3) is 0 Å². The van der Waals surface area contributed by atoms with E-state index in [2.05, 4.69) is 11.8 Å². The topological polar surface area (TPSA) is 60.9 Å². The lowest BCUT2D eigenvalue weighted by Gasteiger charge is -2.38. The van der Waals surface area contributed by atoms with Crippen LogP contribution in [0.3, 0.4) is 0 Å². The highest BCUT2D eigenvalue weighted by molar-refractivity contribution is 7.92. The molecule has 0 unspecified atom stereocenters. The second-order valence-corrected chi connectivity index (χ2v) is 9.52. The largest absolute Gasteiger partial charge is 0.366 e. The van der Waals surface area contributed by atoms with E-state index in [4.69, 9.17) is 0 Å². The fourth-order valence-corrected chi connectivity index (χ4v) is 5.45. The van der Waals surface area contributed by atoms with Crippen LogP contribution in [-0.2, 0) is 20.6 Å². The molecule has 6 nitrogen and oxygen atoms in total. The number of amides is 1. The van der Waals surface area contributed by atoms with Crippen molar-refractivity contribution < 1.29 is 13.2 Å². The van der Waals surface area contributed by atoms with Crippen molar-refractivity contribution in [2.24, 2.45) is 0 Å². The molecule has 1 aliphatic heterocycles. The molecule has 3 rings (SSSR count). The molecule has 0 bridgehead atoms. The molecule has 161 valence electrons. The van der Waals surface area contributed by atoms with Crippen molar-refractivity contribution in [3.8, 4) is 0 Å². The highest BCUT2D eigenvalue weighted by Crippen LogP contribution is 2.34. The number of carbonyl (C=O) groups excluding carboxylic acids is 1. The average Bonchev–Trinajstić information content (AvgIpc) is 2.72. The summed E-state index contributed by atoms with van der Waals surface area (Å²) in [5, 5.41) is 0. The molecular formula is C23H30N3O3S. The Morgan fingerprint density at radius 2 is 1.73 bits per heavy atom. The van der Waals surface area contributed by atoms with Crippen molar-refractivity contribution in [1.29, 1.82) is 0 Å². The van der Waals surface area contributed by atoms with E-state index in [0.29, 0.717) is 44.8 Å². The Morgan fingerprint density at radius 3 is 2.33 bits per heavy atom. The predicted octanol–water partition coefficient (Wildman–Crippen LogP) is 3.28. The monoisotopic (exact) mass is 428 g/mol. The van der Waals surface area contributed by atoms with Gasteiger partial charge in [0.2, 0.25) is 15.9 Å². The Hall–Kier alpha value is -2.54. The van der Waals surface area contributed by atoms with E-state index in [-0.39, 0.29) is 11.7 Å². The fraction of sp³-hybridized carbons (Fsp3) is 0.391. The van der Waals surface area contributed by atoms with Crippen LogP contribution in [0.15, 0.2) is 48.5 Å². The fourth-order valence-electron chi connectivity index (χ4n) is 3.77. The van der Waals surface area contributed by atoms with Crippen LogP contribution in [0.1, 0.15) is 31.4 Å². The Morgan fingerprint density at radius 1 is 1.07 bits per heavy atom. The van der Waals surface area contributed by atoms with E-state index in [0.717, 1.165) is 16.8 Å². The van der Waals surface area contributed by atoms with E-state index in [1.54, 1.807) is 6.92 Å². The highest BCUT2D eigenvalue weighted by atomic mass is 32.2. The second-order valence-electron chi connectivity index (χ2n) is 7.63. The van der Waals surface area contributed by atoms with Gasteiger partial charge in [-0.3, -0.25) is 9.10 Å². The number of nitrogens with zero attached hydrogens (tertiary/aromatic N) is 3. The minimum atomic E-state index is -3.58. The minimum Gasteiger partial charge on any atom is -0.366 e. The third-order valence-corrected chi connectivity index (χ3v) is 7.08. The number of anilines is 2. The van der Waals surface area contributed by atoms with Crippen molar-refractivity contribution in [3.63, 3.8) is 0 Å². The van der Waals surface area contributed by atoms with Gasteiger partial charge in [0.1, 0.15) is 0 Å².